The Labute approximate surface area is 169 Å². The normalized spacial score (nSPS) is 14.1. The first-order valence-corrected chi connectivity index (χ1v) is 9.68. The molecule has 3 N–H and O–H groups in total. The van der Waals surface area contributed by atoms with Gasteiger partial charge in [-0.15, -0.1) is 0 Å². The van der Waals surface area contributed by atoms with Crippen LogP contribution < -0.4 is 10.5 Å². The first-order chi connectivity index (χ1) is 14.0. The molecule has 3 rings (SSSR count). The molecule has 30 heavy (non-hydrogen) atoms. The Morgan fingerprint density at radius 2 is 2.00 bits per heavy atom. The number of rotatable bonds is 5. The highest BCUT2D eigenvalue weighted by Gasteiger charge is 2.38. The number of amides is 1. The molecule has 2 heterocycles. The van der Waals surface area contributed by atoms with Crippen LogP contribution in [0.15, 0.2) is 11.2 Å². The zero-order chi connectivity index (χ0) is 22.6. The van der Waals surface area contributed by atoms with E-state index in [0.717, 1.165) is 0 Å². The lowest BCUT2D eigenvalue weighted by molar-refractivity contribution is -0.141. The second-order valence-corrected chi connectivity index (χ2v) is 7.12. The Morgan fingerprint density at radius 3 is 2.50 bits per heavy atom. The van der Waals surface area contributed by atoms with E-state index in [1.165, 1.54) is 6.92 Å². The lowest BCUT2D eigenvalue weighted by Crippen LogP contribution is -2.18. The van der Waals surface area contributed by atoms with Crippen molar-refractivity contribution in [1.29, 1.82) is 0 Å². The monoisotopic (exact) mass is 457 g/mol. The molecule has 14 heteroatoms. The molecule has 0 radical (unpaired) electrons. The molecular weight excluding hydrogens is 440 g/mol. The number of nitrogens with two attached hydrogens (primary N) is 1. The molecule has 0 aromatic carbocycles. The Hall–Kier alpha value is -2.64. The number of aromatic nitrogens is 3. The fraction of sp³-hybridized carbons (Fsp3) is 0.438. The number of halogens is 6. The minimum Gasteiger partial charge on any atom is -0.372 e. The number of alkyl halides is 5. The largest absolute Gasteiger partial charge is 0.433 e. The number of carbonyl (C=O) groups excluding carboxylic acids is 1. The van der Waals surface area contributed by atoms with E-state index in [2.05, 4.69) is 20.5 Å². The van der Waals surface area contributed by atoms with Crippen LogP contribution in [0.4, 0.5) is 32.0 Å². The van der Waals surface area contributed by atoms with Crippen molar-refractivity contribution in [3.8, 4) is 0 Å². The van der Waals surface area contributed by atoms with Gasteiger partial charge in [-0.3, -0.25) is 9.52 Å². The number of primary amides is 1. The number of nitrogens with one attached hydrogen (secondary N) is 1. The van der Waals surface area contributed by atoms with E-state index in [1.54, 1.807) is 0 Å². The second-order valence-electron chi connectivity index (χ2n) is 5.99. The van der Waals surface area contributed by atoms with Crippen molar-refractivity contribution in [2.75, 3.05) is 4.72 Å². The van der Waals surface area contributed by atoms with E-state index in [0.29, 0.717) is 31.0 Å². The Balaban J connectivity index is 0.00000101. The fourth-order valence-electron chi connectivity index (χ4n) is 3.04. The number of carbonyl (C=O) groups is 1. The first kappa shape index (κ1) is 23.6. The van der Waals surface area contributed by atoms with Gasteiger partial charge in [0.2, 0.25) is 11.4 Å². The molecule has 0 bridgehead atoms. The smallest absolute Gasteiger partial charge is 0.372 e. The minimum atomic E-state index is -4.72. The zero-order valence-corrected chi connectivity index (χ0v) is 16.3. The summed E-state index contributed by atoms with van der Waals surface area (Å²) >= 11 is 0. The number of aryl methyl sites for hydroxylation is 1. The second kappa shape index (κ2) is 9.45. The van der Waals surface area contributed by atoms with Gasteiger partial charge in [-0.25, -0.2) is 18.3 Å². The molecular formula is C16H17F6N5O2S. The molecule has 2 aromatic heterocycles. The number of hydrogen-bond acceptors (Lipinski definition) is 4. The fourth-order valence-corrected chi connectivity index (χ4v) is 3.97. The highest BCUT2D eigenvalue weighted by atomic mass is 32.2. The number of hydrogen-bond donors (Lipinski definition) is 2. The van der Waals surface area contributed by atoms with Gasteiger partial charge in [0.1, 0.15) is 5.69 Å². The van der Waals surface area contributed by atoms with Crippen molar-refractivity contribution >= 4 is 23.1 Å². The maximum absolute atomic E-state index is 13.8. The Morgan fingerprint density at radius 1 is 1.37 bits per heavy atom. The van der Waals surface area contributed by atoms with Crippen LogP contribution >= 0.6 is 0 Å². The SMILES string of the molecule is CCc1c(C(F)(F)F)nc2c(c1NS(=O)c1nn(C(F)F)cc1F)CCC2.NC=O. The van der Waals surface area contributed by atoms with Crippen molar-refractivity contribution in [3.63, 3.8) is 0 Å². The highest BCUT2D eigenvalue weighted by Crippen LogP contribution is 2.40. The molecule has 0 saturated heterocycles. The van der Waals surface area contributed by atoms with Crippen LogP contribution in [-0.4, -0.2) is 25.4 Å². The lowest BCUT2D eigenvalue weighted by Gasteiger charge is -2.19. The van der Waals surface area contributed by atoms with Crippen molar-refractivity contribution < 1.29 is 35.3 Å². The molecule has 1 unspecified atom stereocenters. The molecule has 0 aliphatic heterocycles. The van der Waals surface area contributed by atoms with Crippen LogP contribution in [0.3, 0.4) is 0 Å². The van der Waals surface area contributed by atoms with Crippen LogP contribution in [-0.2, 0) is 41.2 Å². The van der Waals surface area contributed by atoms with Crippen LogP contribution in [0, 0.1) is 5.82 Å². The van der Waals surface area contributed by atoms with Crippen LogP contribution in [0.2, 0.25) is 0 Å². The average Bonchev–Trinajstić information content (AvgIpc) is 3.27. The van der Waals surface area contributed by atoms with E-state index < -0.39 is 40.2 Å². The quantitative estimate of drug-likeness (QED) is 0.532. The summed E-state index contributed by atoms with van der Waals surface area (Å²) in [7, 11) is -2.47. The van der Waals surface area contributed by atoms with Gasteiger partial charge < -0.3 is 5.73 Å². The summed E-state index contributed by atoms with van der Waals surface area (Å²) in [6.45, 7) is -1.66. The van der Waals surface area contributed by atoms with Crippen LogP contribution in [0.25, 0.3) is 0 Å². The van der Waals surface area contributed by atoms with Crippen molar-refractivity contribution in [2.45, 2.75) is 50.4 Å². The van der Waals surface area contributed by atoms with Crippen LogP contribution in [0.1, 0.15) is 42.4 Å². The third kappa shape index (κ3) is 4.91. The maximum Gasteiger partial charge on any atom is 0.433 e. The van der Waals surface area contributed by atoms with Crippen LogP contribution in [0.5, 0.6) is 0 Å². The summed E-state index contributed by atoms with van der Waals surface area (Å²) < 4.78 is 93.9. The number of anilines is 1. The third-order valence-corrected chi connectivity index (χ3v) is 5.19. The molecule has 0 saturated carbocycles. The molecule has 1 aliphatic rings. The number of pyridine rings is 1. The van der Waals surface area contributed by atoms with E-state index in [9.17, 15) is 30.6 Å². The third-order valence-electron chi connectivity index (χ3n) is 4.17. The molecule has 0 fully saturated rings. The van der Waals surface area contributed by atoms with E-state index in [-0.39, 0.29) is 34.5 Å². The molecule has 1 atom stereocenters. The Bertz CT molecular complexity index is 947. The molecule has 2 aromatic rings. The molecule has 0 spiro atoms. The van der Waals surface area contributed by atoms with Gasteiger partial charge >= 0.3 is 12.7 Å². The van der Waals surface area contributed by atoms with Crippen molar-refractivity contribution in [1.82, 2.24) is 14.8 Å². The minimum absolute atomic E-state index is 0.0108. The van der Waals surface area contributed by atoms with E-state index in [4.69, 9.17) is 4.79 Å². The molecule has 1 amide bonds. The average molecular weight is 457 g/mol. The zero-order valence-electron chi connectivity index (χ0n) is 15.5. The van der Waals surface area contributed by atoms with Gasteiger partial charge in [0.25, 0.3) is 0 Å². The number of nitrogens with zero attached hydrogens (tertiary/aromatic N) is 3. The van der Waals surface area contributed by atoms with Crippen molar-refractivity contribution in [2.24, 2.45) is 5.73 Å². The predicted molar refractivity (Wildman–Crippen MR) is 94.4 cm³/mol. The molecule has 1 aliphatic carbocycles. The first-order valence-electron chi connectivity index (χ1n) is 8.53. The lowest BCUT2D eigenvalue weighted by atomic mass is 10.0. The Kier molecular flexibility index (Phi) is 7.44. The predicted octanol–water partition coefficient (Wildman–Crippen LogP) is 3.12. The topological polar surface area (TPSA) is 103 Å². The summed E-state index contributed by atoms with van der Waals surface area (Å²) in [6, 6.07) is 0. The van der Waals surface area contributed by atoms with Gasteiger partial charge in [-0.2, -0.15) is 27.1 Å². The van der Waals surface area contributed by atoms with Gasteiger partial charge in [0.15, 0.2) is 16.8 Å². The summed E-state index contributed by atoms with van der Waals surface area (Å²) in [5, 5.41) is 2.41. The summed E-state index contributed by atoms with van der Waals surface area (Å²) in [4.78, 5) is 12.3. The van der Waals surface area contributed by atoms with Gasteiger partial charge in [0, 0.05) is 11.3 Å². The summed E-state index contributed by atoms with van der Waals surface area (Å²) in [6.07, 6.45) is -2.84. The highest BCUT2D eigenvalue weighted by molar-refractivity contribution is 7.86. The van der Waals surface area contributed by atoms with E-state index >= 15 is 0 Å². The molecule has 166 valence electrons. The van der Waals surface area contributed by atoms with Crippen molar-refractivity contribution in [3.05, 3.63) is 34.5 Å². The van der Waals surface area contributed by atoms with E-state index in [1.807, 2.05) is 0 Å². The van der Waals surface area contributed by atoms with Gasteiger partial charge in [-0.1, -0.05) is 6.92 Å². The van der Waals surface area contributed by atoms with Gasteiger partial charge in [-0.05, 0) is 31.2 Å². The summed E-state index contributed by atoms with van der Waals surface area (Å²) in [5.41, 5.74) is 3.53. The molecule has 7 nitrogen and oxygen atoms in total. The summed E-state index contributed by atoms with van der Waals surface area (Å²) in [5.74, 6) is -1.25. The van der Waals surface area contributed by atoms with Gasteiger partial charge in [0.05, 0.1) is 11.9 Å². The number of fused-ring (bicyclic) bond motifs is 1. The standard InChI is InChI=1S/C15H14F6N4OS.CH3NO/c1-2-7-11(8-4-3-5-10(8)22-12(7)15(19,20)21)24-27(26)13-9(16)6-25(23-13)14(17)18;2-1-3/h6,14H,2-5H2,1H3,(H,22,24);1H,(H2,2,3). The maximum atomic E-state index is 13.8.